The highest BCUT2D eigenvalue weighted by Crippen LogP contribution is 2.34. The summed E-state index contributed by atoms with van der Waals surface area (Å²) in [5, 5.41) is 0. The van der Waals surface area contributed by atoms with Crippen LogP contribution >= 0.6 is 11.3 Å². The van der Waals surface area contributed by atoms with Gasteiger partial charge in [0.05, 0.1) is 0 Å². The van der Waals surface area contributed by atoms with Crippen LogP contribution in [0.25, 0.3) is 20.9 Å². The van der Waals surface area contributed by atoms with Crippen LogP contribution in [0.3, 0.4) is 0 Å². The van der Waals surface area contributed by atoms with E-state index < -0.39 is 0 Å². The van der Waals surface area contributed by atoms with Crippen LogP contribution in [0.1, 0.15) is 18.1 Å². The molecule has 0 aliphatic carbocycles. The maximum atomic E-state index is 3.08. The van der Waals surface area contributed by atoms with Gasteiger partial charge in [-0.25, -0.2) is 0 Å². The minimum atomic E-state index is 1.07. The molecule has 0 N–H and O–H groups in total. The van der Waals surface area contributed by atoms with Crippen molar-refractivity contribution in [1.82, 2.24) is 0 Å². The van der Waals surface area contributed by atoms with Crippen LogP contribution in [0.5, 0.6) is 0 Å². The van der Waals surface area contributed by atoms with Gasteiger partial charge in [-0.05, 0) is 49.2 Å². The average molecular weight is 288 g/mol. The third-order valence-corrected chi connectivity index (χ3v) is 4.56. The van der Waals surface area contributed by atoms with E-state index in [-0.39, 0.29) is 0 Å². The van der Waals surface area contributed by atoms with E-state index in [0.29, 0.717) is 0 Å². The van der Waals surface area contributed by atoms with Crippen LogP contribution in [0.2, 0.25) is 0 Å². The molecule has 0 saturated heterocycles. The smallest absolute Gasteiger partial charge is 0.0349 e. The van der Waals surface area contributed by atoms with Crippen molar-refractivity contribution in [2.45, 2.75) is 13.8 Å². The lowest BCUT2D eigenvalue weighted by Crippen LogP contribution is -1.75. The second kappa shape index (κ2) is 5.99. The van der Waals surface area contributed by atoms with Gasteiger partial charge < -0.3 is 0 Å². The van der Waals surface area contributed by atoms with Gasteiger partial charge in [0.15, 0.2) is 0 Å². The molecule has 0 spiro atoms. The zero-order chi connectivity index (χ0) is 14.7. The number of aryl methyl sites for hydroxylation is 1. The van der Waals surface area contributed by atoms with E-state index in [2.05, 4.69) is 79.4 Å². The number of hydrogen-bond donors (Lipinski definition) is 0. The summed E-state index contributed by atoms with van der Waals surface area (Å²) in [5.41, 5.74) is 4.89. The molecular formula is C20H16S. The van der Waals surface area contributed by atoms with Crippen molar-refractivity contribution >= 4 is 11.3 Å². The highest BCUT2D eigenvalue weighted by atomic mass is 32.1. The molecule has 0 bridgehead atoms. The fourth-order valence-electron chi connectivity index (χ4n) is 2.23. The molecule has 0 aliphatic heterocycles. The lowest BCUT2D eigenvalue weighted by Gasteiger charge is -1.99. The van der Waals surface area contributed by atoms with Crippen LogP contribution in [0.15, 0.2) is 60.7 Å². The van der Waals surface area contributed by atoms with E-state index in [4.69, 9.17) is 0 Å². The molecule has 1 heteroatoms. The first kappa shape index (κ1) is 13.7. The standard InChI is InChI=1S/C20H16S/c1-3-4-16-7-11-18(12-8-16)20-14-13-19(21-20)17-9-5-15(2)6-10-17/h5-14H,1-2H3. The summed E-state index contributed by atoms with van der Waals surface area (Å²) < 4.78 is 0. The van der Waals surface area contributed by atoms with E-state index in [9.17, 15) is 0 Å². The normalized spacial score (nSPS) is 10.0. The van der Waals surface area contributed by atoms with Crippen molar-refractivity contribution in [2.75, 3.05) is 0 Å². The number of benzene rings is 2. The molecule has 21 heavy (non-hydrogen) atoms. The van der Waals surface area contributed by atoms with E-state index in [0.717, 1.165) is 5.56 Å². The maximum Gasteiger partial charge on any atom is 0.0349 e. The quantitative estimate of drug-likeness (QED) is 0.526. The fraction of sp³-hybridized carbons (Fsp3) is 0.100. The second-order valence-corrected chi connectivity index (χ2v) is 6.07. The minimum absolute atomic E-state index is 1.07. The molecule has 3 rings (SSSR count). The molecule has 2 aromatic carbocycles. The summed E-state index contributed by atoms with van der Waals surface area (Å²) in [6, 6.07) is 21.5. The van der Waals surface area contributed by atoms with Crippen molar-refractivity contribution in [3.63, 3.8) is 0 Å². The van der Waals surface area contributed by atoms with Crippen LogP contribution < -0.4 is 0 Å². The molecule has 0 unspecified atom stereocenters. The molecule has 0 aliphatic rings. The topological polar surface area (TPSA) is 0 Å². The van der Waals surface area contributed by atoms with Gasteiger partial charge in [0.1, 0.15) is 0 Å². The van der Waals surface area contributed by atoms with Crippen molar-refractivity contribution in [3.05, 3.63) is 71.8 Å². The van der Waals surface area contributed by atoms with E-state index in [1.807, 2.05) is 18.3 Å². The Balaban J connectivity index is 1.90. The molecule has 0 saturated carbocycles. The van der Waals surface area contributed by atoms with Crippen molar-refractivity contribution in [1.29, 1.82) is 0 Å². The largest absolute Gasteiger partial charge is 0.135 e. The maximum absolute atomic E-state index is 3.08. The van der Waals surface area contributed by atoms with Gasteiger partial charge in [-0.2, -0.15) is 0 Å². The SMILES string of the molecule is CC#Cc1ccc(-c2ccc(-c3ccc(C)cc3)s2)cc1. The van der Waals surface area contributed by atoms with E-state index in [1.165, 1.54) is 26.4 Å². The Labute approximate surface area is 130 Å². The predicted molar refractivity (Wildman–Crippen MR) is 92.5 cm³/mol. The molecule has 0 amide bonds. The summed E-state index contributed by atoms with van der Waals surface area (Å²) in [5.74, 6) is 6.00. The number of hydrogen-bond acceptors (Lipinski definition) is 1. The van der Waals surface area contributed by atoms with E-state index in [1.54, 1.807) is 0 Å². The van der Waals surface area contributed by atoms with Crippen LogP contribution in [0, 0.1) is 18.8 Å². The Kier molecular flexibility index (Phi) is 3.90. The van der Waals surface area contributed by atoms with Gasteiger partial charge in [0.25, 0.3) is 0 Å². The van der Waals surface area contributed by atoms with Gasteiger partial charge in [-0.15, -0.1) is 17.3 Å². The first-order chi connectivity index (χ1) is 10.3. The molecule has 0 nitrogen and oxygen atoms in total. The van der Waals surface area contributed by atoms with Crippen molar-refractivity contribution < 1.29 is 0 Å². The Morgan fingerprint density at radius 3 is 1.76 bits per heavy atom. The minimum Gasteiger partial charge on any atom is -0.135 e. The Bertz CT molecular complexity index is 794. The highest BCUT2D eigenvalue weighted by molar-refractivity contribution is 7.18. The van der Waals surface area contributed by atoms with Crippen LogP contribution in [0.4, 0.5) is 0 Å². The molecular weight excluding hydrogens is 272 g/mol. The Hall–Kier alpha value is -2.30. The zero-order valence-electron chi connectivity index (χ0n) is 12.2. The summed E-state index contributed by atoms with van der Waals surface area (Å²) in [4.78, 5) is 2.60. The first-order valence-corrected chi connectivity index (χ1v) is 7.78. The second-order valence-electron chi connectivity index (χ2n) is 4.98. The average Bonchev–Trinajstić information content (AvgIpc) is 2.99. The molecule has 102 valence electrons. The van der Waals surface area contributed by atoms with Crippen LogP contribution in [-0.2, 0) is 0 Å². The lowest BCUT2D eigenvalue weighted by molar-refractivity contribution is 1.48. The predicted octanol–water partition coefficient (Wildman–Crippen LogP) is 5.76. The van der Waals surface area contributed by atoms with Crippen molar-refractivity contribution in [2.24, 2.45) is 0 Å². The summed E-state index contributed by atoms with van der Waals surface area (Å²) in [6.07, 6.45) is 0. The van der Waals surface area contributed by atoms with E-state index >= 15 is 0 Å². The van der Waals surface area contributed by atoms with Gasteiger partial charge in [-0.1, -0.05) is 47.9 Å². The van der Waals surface area contributed by atoms with Gasteiger partial charge in [0.2, 0.25) is 0 Å². The molecule has 3 aromatic rings. The van der Waals surface area contributed by atoms with Gasteiger partial charge in [-0.3, -0.25) is 0 Å². The summed E-state index contributed by atoms with van der Waals surface area (Å²) >= 11 is 1.83. The molecule has 1 heterocycles. The molecule has 0 fully saturated rings. The van der Waals surface area contributed by atoms with Gasteiger partial charge in [0, 0.05) is 15.3 Å². The monoisotopic (exact) mass is 288 g/mol. The van der Waals surface area contributed by atoms with Crippen molar-refractivity contribution in [3.8, 4) is 32.7 Å². The highest BCUT2D eigenvalue weighted by Gasteiger charge is 2.04. The Morgan fingerprint density at radius 1 is 0.714 bits per heavy atom. The van der Waals surface area contributed by atoms with Gasteiger partial charge >= 0.3 is 0 Å². The summed E-state index contributed by atoms with van der Waals surface area (Å²) in [6.45, 7) is 3.98. The third-order valence-electron chi connectivity index (χ3n) is 3.38. The molecule has 0 radical (unpaired) electrons. The summed E-state index contributed by atoms with van der Waals surface area (Å²) in [7, 11) is 0. The molecule has 1 aromatic heterocycles. The van der Waals surface area contributed by atoms with Crippen LogP contribution in [-0.4, -0.2) is 0 Å². The fourth-order valence-corrected chi connectivity index (χ4v) is 3.25. The number of rotatable bonds is 2. The number of thiophene rings is 1. The first-order valence-electron chi connectivity index (χ1n) is 6.96. The lowest BCUT2D eigenvalue weighted by atomic mass is 10.1. The Morgan fingerprint density at radius 2 is 1.24 bits per heavy atom. The molecule has 0 atom stereocenters. The third kappa shape index (κ3) is 3.07. The zero-order valence-corrected chi connectivity index (χ0v) is 13.0.